The monoisotopic (exact) mass is 526 g/mol. The van der Waals surface area contributed by atoms with Gasteiger partial charge in [-0.25, -0.2) is 4.57 Å². The molecule has 2 aromatic rings. The summed E-state index contributed by atoms with van der Waals surface area (Å²) in [5.74, 6) is 0.442. The Bertz CT molecular complexity index is 857. The van der Waals surface area contributed by atoms with E-state index in [4.69, 9.17) is 32.8 Å². The molecule has 2 rings (SSSR count). The Labute approximate surface area is 216 Å². The molecule has 0 aliphatic carbocycles. The van der Waals surface area contributed by atoms with Crippen LogP contribution in [-0.2, 0) is 32.5 Å². The maximum atomic E-state index is 13.2. The van der Waals surface area contributed by atoms with Gasteiger partial charge in [0.1, 0.15) is 0 Å². The SMILES string of the molecule is CCCCCCCCCOP(=O)(OCCOCCOCCOCC)OOc1cccc2ccccc12. The normalized spacial score (nSPS) is 13.2. The molecule has 0 heterocycles. The van der Waals surface area contributed by atoms with Crippen LogP contribution in [0.1, 0.15) is 58.8 Å². The molecule has 0 radical (unpaired) electrons. The summed E-state index contributed by atoms with van der Waals surface area (Å²) in [7, 11) is -3.95. The Morgan fingerprint density at radius 1 is 0.639 bits per heavy atom. The molecule has 0 aliphatic heterocycles. The first-order valence-corrected chi connectivity index (χ1v) is 14.6. The maximum Gasteiger partial charge on any atom is 0.511 e. The van der Waals surface area contributed by atoms with Gasteiger partial charge in [0.15, 0.2) is 5.75 Å². The molecule has 204 valence electrons. The largest absolute Gasteiger partial charge is 0.511 e. The minimum Gasteiger partial charge on any atom is -0.379 e. The third kappa shape index (κ3) is 13.2. The average Bonchev–Trinajstić information content (AvgIpc) is 2.90. The predicted octanol–water partition coefficient (Wildman–Crippen LogP) is 7.11. The van der Waals surface area contributed by atoms with E-state index in [0.717, 1.165) is 30.0 Å². The molecular weight excluding hydrogens is 483 g/mol. The van der Waals surface area contributed by atoms with E-state index >= 15 is 0 Å². The van der Waals surface area contributed by atoms with E-state index in [-0.39, 0.29) is 19.8 Å². The maximum absolute atomic E-state index is 13.2. The average molecular weight is 527 g/mol. The van der Waals surface area contributed by atoms with Crippen LogP contribution in [0.2, 0.25) is 0 Å². The van der Waals surface area contributed by atoms with Gasteiger partial charge in [-0.2, -0.15) is 0 Å². The minimum atomic E-state index is -3.95. The number of phosphoric ester groups is 1. The molecule has 0 amide bonds. The van der Waals surface area contributed by atoms with Crippen LogP contribution < -0.4 is 4.89 Å². The smallest absolute Gasteiger partial charge is 0.379 e. The van der Waals surface area contributed by atoms with Crippen LogP contribution in [0, 0.1) is 0 Å². The zero-order chi connectivity index (χ0) is 25.7. The number of hydrogen-bond donors (Lipinski definition) is 0. The topological polar surface area (TPSA) is 81.7 Å². The molecule has 8 nitrogen and oxygen atoms in total. The van der Waals surface area contributed by atoms with Crippen LogP contribution in [0.4, 0.5) is 0 Å². The van der Waals surface area contributed by atoms with Crippen molar-refractivity contribution in [3.8, 4) is 5.75 Å². The van der Waals surface area contributed by atoms with Crippen molar-refractivity contribution in [3.05, 3.63) is 42.5 Å². The van der Waals surface area contributed by atoms with Gasteiger partial charge in [0, 0.05) is 12.0 Å². The highest BCUT2D eigenvalue weighted by Gasteiger charge is 2.29. The van der Waals surface area contributed by atoms with Gasteiger partial charge in [0.25, 0.3) is 0 Å². The molecule has 0 spiro atoms. The molecule has 1 atom stereocenters. The van der Waals surface area contributed by atoms with Crippen molar-refractivity contribution in [2.24, 2.45) is 0 Å². The first-order chi connectivity index (χ1) is 17.7. The van der Waals surface area contributed by atoms with Crippen molar-refractivity contribution in [2.75, 3.05) is 52.9 Å². The van der Waals surface area contributed by atoms with Gasteiger partial charge < -0.3 is 19.1 Å². The first kappa shape index (κ1) is 30.7. The van der Waals surface area contributed by atoms with Gasteiger partial charge in [0.05, 0.1) is 46.2 Å². The fraction of sp³-hybridized carbons (Fsp3) is 0.630. The summed E-state index contributed by atoms with van der Waals surface area (Å²) >= 11 is 0. The van der Waals surface area contributed by atoms with E-state index < -0.39 is 7.82 Å². The van der Waals surface area contributed by atoms with E-state index in [1.54, 1.807) is 6.07 Å². The molecule has 0 saturated carbocycles. The van der Waals surface area contributed by atoms with Gasteiger partial charge in [-0.05, 0) is 24.8 Å². The summed E-state index contributed by atoms with van der Waals surface area (Å²) in [6.07, 6.45) is 7.84. The van der Waals surface area contributed by atoms with Crippen molar-refractivity contribution in [2.45, 2.75) is 58.8 Å². The lowest BCUT2D eigenvalue weighted by Gasteiger charge is -2.17. The van der Waals surface area contributed by atoms with E-state index in [2.05, 4.69) is 6.92 Å². The molecule has 2 aromatic carbocycles. The second-order valence-electron chi connectivity index (χ2n) is 8.29. The molecule has 1 unspecified atom stereocenters. The van der Waals surface area contributed by atoms with Gasteiger partial charge >= 0.3 is 7.82 Å². The quantitative estimate of drug-likeness (QED) is 0.0656. The standard InChI is InChI=1S/C27H43O8P/c1-3-5-6-7-8-9-12-18-32-36(28,33-24-23-31-22-21-30-20-19-29-4-2)35-34-27-17-13-15-25-14-10-11-16-26(25)27/h10-11,13-17H,3-9,12,18-24H2,1-2H3. The first-order valence-electron chi connectivity index (χ1n) is 13.1. The number of fused-ring (bicyclic) bond motifs is 1. The van der Waals surface area contributed by atoms with Crippen molar-refractivity contribution in [1.29, 1.82) is 0 Å². The van der Waals surface area contributed by atoms with Crippen LogP contribution in [0.5, 0.6) is 5.75 Å². The van der Waals surface area contributed by atoms with Crippen molar-refractivity contribution in [3.63, 3.8) is 0 Å². The molecule has 0 N–H and O–H groups in total. The lowest BCUT2D eigenvalue weighted by Crippen LogP contribution is -2.12. The second kappa shape index (κ2) is 19.6. The van der Waals surface area contributed by atoms with Crippen molar-refractivity contribution >= 4 is 18.6 Å². The minimum absolute atomic E-state index is 0.0339. The Morgan fingerprint density at radius 3 is 2.00 bits per heavy atom. The summed E-state index contributed by atoms with van der Waals surface area (Å²) in [5.41, 5.74) is 0. The lowest BCUT2D eigenvalue weighted by atomic mass is 10.1. The molecular formula is C27H43O8P. The van der Waals surface area contributed by atoms with Crippen LogP contribution in [-0.4, -0.2) is 52.9 Å². The number of hydrogen-bond acceptors (Lipinski definition) is 8. The highest BCUT2D eigenvalue weighted by molar-refractivity contribution is 7.48. The lowest BCUT2D eigenvalue weighted by molar-refractivity contribution is -0.132. The molecule has 9 heteroatoms. The summed E-state index contributed by atoms with van der Waals surface area (Å²) < 4.78 is 45.7. The van der Waals surface area contributed by atoms with E-state index in [9.17, 15) is 4.57 Å². The Hall–Kier alpha value is -1.51. The third-order valence-electron chi connectivity index (χ3n) is 5.39. The highest BCUT2D eigenvalue weighted by atomic mass is 31.2. The zero-order valence-corrected chi connectivity index (χ0v) is 22.8. The molecule has 0 aromatic heterocycles. The van der Waals surface area contributed by atoms with Crippen molar-refractivity contribution in [1.82, 2.24) is 0 Å². The van der Waals surface area contributed by atoms with Gasteiger partial charge in [0.2, 0.25) is 0 Å². The van der Waals surface area contributed by atoms with Gasteiger partial charge in [-0.15, -0.1) is 0 Å². The number of phosphoric acid groups is 1. The number of rotatable bonds is 23. The van der Waals surface area contributed by atoms with Crippen LogP contribution in [0.25, 0.3) is 10.8 Å². The number of benzene rings is 2. The Balaban J connectivity index is 1.78. The summed E-state index contributed by atoms with van der Waals surface area (Å²) in [6.45, 7) is 7.26. The molecule has 0 saturated heterocycles. The Kier molecular flexibility index (Phi) is 16.7. The van der Waals surface area contributed by atoms with E-state index in [0.29, 0.717) is 38.8 Å². The van der Waals surface area contributed by atoms with Gasteiger partial charge in [-0.3, -0.25) is 9.05 Å². The molecule has 0 bridgehead atoms. The van der Waals surface area contributed by atoms with Crippen LogP contribution >= 0.6 is 7.82 Å². The van der Waals surface area contributed by atoms with Crippen LogP contribution in [0.15, 0.2) is 42.5 Å². The number of unbranched alkanes of at least 4 members (excludes halogenated alkanes) is 6. The molecule has 0 aliphatic rings. The molecule has 0 fully saturated rings. The van der Waals surface area contributed by atoms with Gasteiger partial charge in [-0.1, -0.05) is 86.5 Å². The van der Waals surface area contributed by atoms with Crippen molar-refractivity contribution < 1.29 is 37.4 Å². The predicted molar refractivity (Wildman–Crippen MR) is 141 cm³/mol. The van der Waals surface area contributed by atoms with E-state index in [1.165, 1.54) is 25.7 Å². The van der Waals surface area contributed by atoms with Crippen LogP contribution in [0.3, 0.4) is 0 Å². The molecule has 36 heavy (non-hydrogen) atoms. The summed E-state index contributed by atoms with van der Waals surface area (Å²) in [4.78, 5) is 5.46. The summed E-state index contributed by atoms with van der Waals surface area (Å²) in [5, 5.41) is 1.82. The summed E-state index contributed by atoms with van der Waals surface area (Å²) in [6, 6.07) is 13.3. The fourth-order valence-electron chi connectivity index (χ4n) is 3.46. The Morgan fingerprint density at radius 2 is 1.25 bits per heavy atom. The highest BCUT2D eigenvalue weighted by Crippen LogP contribution is 2.50. The van der Waals surface area contributed by atoms with E-state index in [1.807, 2.05) is 43.3 Å². The fourth-order valence-corrected chi connectivity index (χ4v) is 4.45. The second-order valence-corrected chi connectivity index (χ2v) is 9.85. The zero-order valence-electron chi connectivity index (χ0n) is 21.9. The third-order valence-corrected chi connectivity index (χ3v) is 6.65. The number of ether oxygens (including phenoxy) is 3.